The predicted octanol–water partition coefficient (Wildman–Crippen LogP) is 3.75. The summed E-state index contributed by atoms with van der Waals surface area (Å²) in [5, 5.41) is 3.31. The van der Waals surface area contributed by atoms with Crippen molar-refractivity contribution < 1.29 is 18.7 Å². The molecule has 4 nitrogen and oxygen atoms in total. The van der Waals surface area contributed by atoms with Gasteiger partial charge in [0.15, 0.2) is 0 Å². The van der Waals surface area contributed by atoms with Gasteiger partial charge in [-0.25, -0.2) is 4.39 Å². The fraction of sp³-hybridized carbons (Fsp3) is 0.235. The van der Waals surface area contributed by atoms with Gasteiger partial charge in [0.05, 0.1) is 13.2 Å². The van der Waals surface area contributed by atoms with Crippen LogP contribution in [0.15, 0.2) is 42.5 Å². The lowest BCUT2D eigenvalue weighted by Crippen LogP contribution is -2.20. The molecule has 0 aliphatic heterocycles. The summed E-state index contributed by atoms with van der Waals surface area (Å²) in [4.78, 5) is 11.9. The van der Waals surface area contributed by atoms with E-state index in [1.165, 1.54) is 18.2 Å². The van der Waals surface area contributed by atoms with Crippen LogP contribution < -0.4 is 5.32 Å². The molecule has 0 aromatic heterocycles. The molecule has 1 N–H and O–H groups in total. The molecule has 0 saturated carbocycles. The van der Waals surface area contributed by atoms with Crippen LogP contribution in [0.4, 0.5) is 10.1 Å². The van der Waals surface area contributed by atoms with Crippen molar-refractivity contribution in [3.05, 3.63) is 53.3 Å². The zero-order chi connectivity index (χ0) is 16.7. The molecular formula is C17H17ClFNO3. The van der Waals surface area contributed by atoms with Crippen LogP contribution in [0, 0.1) is 5.82 Å². The number of amides is 1. The Morgan fingerprint density at radius 3 is 2.61 bits per heavy atom. The first kappa shape index (κ1) is 17.4. The Balaban J connectivity index is 2.12. The number of halogens is 2. The second-order valence-corrected chi connectivity index (χ2v) is 5.23. The number of hydrogen-bond donors (Lipinski definition) is 1. The van der Waals surface area contributed by atoms with E-state index >= 15 is 0 Å². The minimum absolute atomic E-state index is 0.0964. The molecule has 2 aromatic carbocycles. The molecule has 23 heavy (non-hydrogen) atoms. The van der Waals surface area contributed by atoms with Gasteiger partial charge in [-0.2, -0.15) is 0 Å². The molecule has 6 heteroatoms. The fourth-order valence-corrected chi connectivity index (χ4v) is 2.11. The van der Waals surface area contributed by atoms with E-state index in [2.05, 4.69) is 5.32 Å². The first-order valence-electron chi connectivity index (χ1n) is 7.02. The number of anilines is 1. The highest BCUT2D eigenvalue weighted by Crippen LogP contribution is 2.29. The molecule has 0 unspecified atom stereocenters. The first-order chi connectivity index (χ1) is 11.1. The van der Waals surface area contributed by atoms with Crippen LogP contribution >= 0.6 is 11.6 Å². The average Bonchev–Trinajstić information content (AvgIpc) is 2.54. The molecule has 0 spiro atoms. The standard InChI is InChI=1S/C17H17ClFNO3/c1-22-8-9-23-11-17(21)20-16-7-6-14(19)10-15(16)12-2-4-13(18)5-3-12/h2-7,10H,8-9,11H2,1H3,(H,20,21). The van der Waals surface area contributed by atoms with Crippen molar-refractivity contribution in [1.29, 1.82) is 0 Å². The first-order valence-corrected chi connectivity index (χ1v) is 7.40. The van der Waals surface area contributed by atoms with Gasteiger partial charge in [-0.3, -0.25) is 4.79 Å². The van der Waals surface area contributed by atoms with E-state index in [1.807, 2.05) is 0 Å². The van der Waals surface area contributed by atoms with Crippen molar-refractivity contribution in [2.45, 2.75) is 0 Å². The van der Waals surface area contributed by atoms with E-state index < -0.39 is 0 Å². The Morgan fingerprint density at radius 1 is 1.17 bits per heavy atom. The van der Waals surface area contributed by atoms with Gasteiger partial charge in [-0.1, -0.05) is 23.7 Å². The predicted molar refractivity (Wildman–Crippen MR) is 88.2 cm³/mol. The quantitative estimate of drug-likeness (QED) is 0.783. The molecule has 0 bridgehead atoms. The number of ether oxygens (including phenoxy) is 2. The molecule has 0 radical (unpaired) electrons. The summed E-state index contributed by atoms with van der Waals surface area (Å²) in [6.45, 7) is 0.651. The number of benzene rings is 2. The molecule has 0 atom stereocenters. The van der Waals surface area contributed by atoms with Gasteiger partial charge in [-0.05, 0) is 35.9 Å². The van der Waals surface area contributed by atoms with Crippen LogP contribution in [-0.2, 0) is 14.3 Å². The molecule has 0 heterocycles. The minimum atomic E-state index is -0.385. The fourth-order valence-electron chi connectivity index (χ4n) is 1.99. The van der Waals surface area contributed by atoms with Crippen molar-refractivity contribution in [1.82, 2.24) is 0 Å². The Morgan fingerprint density at radius 2 is 1.91 bits per heavy atom. The number of carbonyl (C=O) groups is 1. The highest BCUT2D eigenvalue weighted by atomic mass is 35.5. The summed E-state index contributed by atoms with van der Waals surface area (Å²) in [5.41, 5.74) is 1.84. The van der Waals surface area contributed by atoms with Gasteiger partial charge < -0.3 is 14.8 Å². The van der Waals surface area contributed by atoms with Crippen molar-refractivity contribution in [3.8, 4) is 11.1 Å². The maximum atomic E-state index is 13.6. The third-order valence-electron chi connectivity index (χ3n) is 3.08. The number of carbonyl (C=O) groups excluding carboxylic acids is 1. The van der Waals surface area contributed by atoms with Crippen LogP contribution in [0.2, 0.25) is 5.02 Å². The van der Waals surface area contributed by atoms with Crippen molar-refractivity contribution in [3.63, 3.8) is 0 Å². The smallest absolute Gasteiger partial charge is 0.250 e. The minimum Gasteiger partial charge on any atom is -0.382 e. The molecule has 2 aromatic rings. The number of rotatable bonds is 7. The summed E-state index contributed by atoms with van der Waals surface area (Å²) in [6, 6.07) is 11.1. The average molecular weight is 338 g/mol. The van der Waals surface area contributed by atoms with E-state index in [-0.39, 0.29) is 18.3 Å². The lowest BCUT2D eigenvalue weighted by Gasteiger charge is -2.12. The monoisotopic (exact) mass is 337 g/mol. The van der Waals surface area contributed by atoms with E-state index in [1.54, 1.807) is 31.4 Å². The van der Waals surface area contributed by atoms with Crippen LogP contribution in [0.3, 0.4) is 0 Å². The lowest BCUT2D eigenvalue weighted by atomic mass is 10.0. The SMILES string of the molecule is COCCOCC(=O)Nc1ccc(F)cc1-c1ccc(Cl)cc1. The van der Waals surface area contributed by atoms with Gasteiger partial charge in [-0.15, -0.1) is 0 Å². The Hall–Kier alpha value is -1.95. The molecule has 0 aliphatic carbocycles. The highest BCUT2D eigenvalue weighted by Gasteiger charge is 2.10. The maximum Gasteiger partial charge on any atom is 0.250 e. The Kier molecular flexibility index (Phi) is 6.52. The second-order valence-electron chi connectivity index (χ2n) is 4.79. The van der Waals surface area contributed by atoms with Gasteiger partial charge in [0, 0.05) is 23.4 Å². The second kappa shape index (κ2) is 8.62. The van der Waals surface area contributed by atoms with Crippen molar-refractivity contribution >= 4 is 23.2 Å². The third kappa shape index (κ3) is 5.32. The van der Waals surface area contributed by atoms with Crippen molar-refractivity contribution in [2.24, 2.45) is 0 Å². The Labute approximate surface area is 139 Å². The van der Waals surface area contributed by atoms with Gasteiger partial charge in [0.2, 0.25) is 5.91 Å². The van der Waals surface area contributed by atoms with E-state index in [9.17, 15) is 9.18 Å². The lowest BCUT2D eigenvalue weighted by molar-refractivity contribution is -0.121. The van der Waals surface area contributed by atoms with Gasteiger partial charge in [0.1, 0.15) is 12.4 Å². The van der Waals surface area contributed by atoms with Crippen LogP contribution in [0.5, 0.6) is 0 Å². The number of methoxy groups -OCH3 is 1. The topological polar surface area (TPSA) is 47.6 Å². The summed E-state index contributed by atoms with van der Waals surface area (Å²) in [6.07, 6.45) is 0. The van der Waals surface area contributed by atoms with Crippen molar-refractivity contribution in [2.75, 3.05) is 32.2 Å². The molecule has 2 rings (SSSR count). The maximum absolute atomic E-state index is 13.6. The van der Waals surface area contributed by atoms with E-state index in [4.69, 9.17) is 21.1 Å². The van der Waals surface area contributed by atoms with Gasteiger partial charge in [0.25, 0.3) is 0 Å². The zero-order valence-electron chi connectivity index (χ0n) is 12.6. The molecule has 1 amide bonds. The number of nitrogens with one attached hydrogen (secondary N) is 1. The van der Waals surface area contributed by atoms with E-state index in [0.29, 0.717) is 29.5 Å². The summed E-state index contributed by atoms with van der Waals surface area (Å²) in [7, 11) is 1.56. The van der Waals surface area contributed by atoms with Crippen LogP contribution in [-0.4, -0.2) is 32.8 Å². The van der Waals surface area contributed by atoms with Crippen LogP contribution in [0.1, 0.15) is 0 Å². The highest BCUT2D eigenvalue weighted by molar-refractivity contribution is 6.30. The van der Waals surface area contributed by atoms with E-state index in [0.717, 1.165) is 5.56 Å². The Bertz CT molecular complexity index is 661. The molecule has 0 fully saturated rings. The summed E-state index contributed by atoms with van der Waals surface area (Å²) in [5.74, 6) is -0.702. The molecule has 0 saturated heterocycles. The zero-order valence-corrected chi connectivity index (χ0v) is 13.4. The molecule has 0 aliphatic rings. The van der Waals surface area contributed by atoms with Crippen LogP contribution in [0.25, 0.3) is 11.1 Å². The molecule has 122 valence electrons. The third-order valence-corrected chi connectivity index (χ3v) is 3.33. The number of hydrogen-bond acceptors (Lipinski definition) is 3. The normalized spacial score (nSPS) is 10.6. The molecular weight excluding hydrogens is 321 g/mol. The largest absolute Gasteiger partial charge is 0.382 e. The summed E-state index contributed by atoms with van der Waals surface area (Å²) >= 11 is 5.87. The summed E-state index contributed by atoms with van der Waals surface area (Å²) < 4.78 is 23.6. The van der Waals surface area contributed by atoms with Gasteiger partial charge >= 0.3 is 0 Å².